The van der Waals surface area contributed by atoms with Gasteiger partial charge in [0.1, 0.15) is 5.54 Å². The highest BCUT2D eigenvalue weighted by molar-refractivity contribution is 7.81. The van der Waals surface area contributed by atoms with Gasteiger partial charge in [-0.05, 0) is 69.6 Å². The molecule has 1 saturated carbocycles. The third-order valence-electron chi connectivity index (χ3n) is 5.52. The number of rotatable bonds is 2. The number of carbonyl (C=O) groups is 1. The fourth-order valence-corrected chi connectivity index (χ4v) is 4.34. The first-order valence-electron chi connectivity index (χ1n) is 8.96. The molecule has 1 saturated heterocycles. The van der Waals surface area contributed by atoms with Gasteiger partial charge in [-0.25, -0.2) is 4.90 Å². The summed E-state index contributed by atoms with van der Waals surface area (Å²) in [5, 5.41) is 13.1. The quantitative estimate of drug-likeness (QED) is 0.639. The van der Waals surface area contributed by atoms with Gasteiger partial charge in [0, 0.05) is 5.69 Å². The standard InChI is InChI=1S/C19H18N6OS/c1-12-4-6-14(7-5-12)24-18(27)23(17(26)19(24)10-3-11-19)16-9-8-15-21-20-13(2)25(15)22-16/h4-9H,3,10-11H2,1-2H3. The minimum absolute atomic E-state index is 0.00287. The van der Waals surface area contributed by atoms with Crippen molar-refractivity contribution in [1.82, 2.24) is 19.8 Å². The molecule has 1 spiro atoms. The first-order chi connectivity index (χ1) is 13.0. The van der Waals surface area contributed by atoms with E-state index in [1.165, 1.54) is 5.56 Å². The first-order valence-corrected chi connectivity index (χ1v) is 9.37. The molecule has 2 aliphatic rings. The molecule has 2 aromatic heterocycles. The zero-order chi connectivity index (χ0) is 18.8. The number of thiocarbonyl (C=S) groups is 1. The summed E-state index contributed by atoms with van der Waals surface area (Å²) < 4.78 is 1.63. The van der Waals surface area contributed by atoms with Crippen LogP contribution in [0.3, 0.4) is 0 Å². The summed E-state index contributed by atoms with van der Waals surface area (Å²) in [5.41, 5.74) is 2.17. The summed E-state index contributed by atoms with van der Waals surface area (Å²) >= 11 is 5.77. The molecule has 3 aromatic rings. The second-order valence-electron chi connectivity index (χ2n) is 7.19. The van der Waals surface area contributed by atoms with Crippen molar-refractivity contribution in [1.29, 1.82) is 0 Å². The van der Waals surface area contributed by atoms with Crippen molar-refractivity contribution in [3.63, 3.8) is 0 Å². The predicted octanol–water partition coefficient (Wildman–Crippen LogP) is 2.80. The van der Waals surface area contributed by atoms with Crippen LogP contribution in [-0.2, 0) is 4.79 Å². The Labute approximate surface area is 161 Å². The number of carbonyl (C=O) groups excluding carboxylic acids is 1. The van der Waals surface area contributed by atoms with Crippen LogP contribution in [0.5, 0.6) is 0 Å². The molecular weight excluding hydrogens is 360 g/mol. The second kappa shape index (κ2) is 5.56. The first kappa shape index (κ1) is 16.3. The molecule has 0 N–H and O–H groups in total. The molecule has 1 amide bonds. The highest BCUT2D eigenvalue weighted by atomic mass is 32.1. The molecule has 3 heterocycles. The second-order valence-corrected chi connectivity index (χ2v) is 7.55. The van der Waals surface area contributed by atoms with E-state index in [9.17, 15) is 4.79 Å². The van der Waals surface area contributed by atoms with Gasteiger partial charge in [0.2, 0.25) is 0 Å². The van der Waals surface area contributed by atoms with E-state index in [0.29, 0.717) is 22.4 Å². The van der Waals surface area contributed by atoms with Gasteiger partial charge in [-0.1, -0.05) is 17.7 Å². The lowest BCUT2D eigenvalue weighted by Crippen LogP contribution is -2.55. The number of aromatic nitrogens is 4. The Morgan fingerprint density at radius 1 is 1.04 bits per heavy atom. The Morgan fingerprint density at radius 3 is 2.44 bits per heavy atom. The van der Waals surface area contributed by atoms with Crippen LogP contribution in [0.1, 0.15) is 30.7 Å². The minimum Gasteiger partial charge on any atom is -0.303 e. The van der Waals surface area contributed by atoms with Gasteiger partial charge >= 0.3 is 0 Å². The van der Waals surface area contributed by atoms with Crippen molar-refractivity contribution in [3.8, 4) is 0 Å². The number of fused-ring (bicyclic) bond motifs is 1. The molecule has 2 fully saturated rings. The van der Waals surface area contributed by atoms with Crippen molar-refractivity contribution in [2.24, 2.45) is 0 Å². The van der Waals surface area contributed by atoms with Crippen LogP contribution < -0.4 is 9.80 Å². The normalized spacial score (nSPS) is 18.6. The monoisotopic (exact) mass is 378 g/mol. The Balaban J connectivity index is 1.63. The number of nitrogens with zero attached hydrogens (tertiary/aromatic N) is 6. The minimum atomic E-state index is -0.592. The molecule has 0 unspecified atom stereocenters. The molecule has 27 heavy (non-hydrogen) atoms. The van der Waals surface area contributed by atoms with E-state index in [-0.39, 0.29) is 5.91 Å². The molecule has 0 radical (unpaired) electrons. The molecule has 7 nitrogen and oxygen atoms in total. The summed E-state index contributed by atoms with van der Waals surface area (Å²) in [7, 11) is 0. The van der Waals surface area contributed by atoms with Gasteiger partial charge in [-0.15, -0.1) is 15.3 Å². The number of benzene rings is 1. The molecule has 0 atom stereocenters. The fraction of sp³-hybridized carbons (Fsp3) is 0.316. The van der Waals surface area contributed by atoms with Crippen LogP contribution in [-0.4, -0.2) is 36.4 Å². The van der Waals surface area contributed by atoms with E-state index in [1.54, 1.807) is 21.5 Å². The third kappa shape index (κ3) is 2.16. The number of amides is 1. The van der Waals surface area contributed by atoms with Crippen LogP contribution in [0, 0.1) is 13.8 Å². The number of hydrogen-bond acceptors (Lipinski definition) is 5. The summed E-state index contributed by atoms with van der Waals surface area (Å²) in [6, 6.07) is 11.7. The predicted molar refractivity (Wildman–Crippen MR) is 106 cm³/mol. The SMILES string of the molecule is Cc1ccc(N2C(=S)N(c3ccc4nnc(C)n4n3)C(=O)C23CCC3)cc1. The van der Waals surface area contributed by atoms with Crippen molar-refractivity contribution in [3.05, 3.63) is 47.8 Å². The van der Waals surface area contributed by atoms with Gasteiger partial charge < -0.3 is 4.90 Å². The highest BCUT2D eigenvalue weighted by Gasteiger charge is 2.59. The fourth-order valence-electron chi connectivity index (χ4n) is 3.88. The van der Waals surface area contributed by atoms with E-state index in [2.05, 4.69) is 15.3 Å². The largest absolute Gasteiger partial charge is 0.303 e. The molecule has 1 aliphatic carbocycles. The van der Waals surface area contributed by atoms with Crippen molar-refractivity contribution in [2.75, 3.05) is 9.80 Å². The Hall–Kier alpha value is -2.87. The van der Waals surface area contributed by atoms with Crippen LogP contribution >= 0.6 is 12.2 Å². The van der Waals surface area contributed by atoms with E-state index < -0.39 is 5.54 Å². The maximum absolute atomic E-state index is 13.4. The Morgan fingerprint density at radius 2 is 1.78 bits per heavy atom. The molecule has 1 aromatic carbocycles. The maximum Gasteiger partial charge on any atom is 0.260 e. The number of hydrogen-bond donors (Lipinski definition) is 0. The molecule has 136 valence electrons. The van der Waals surface area contributed by atoms with Gasteiger partial charge in [0.25, 0.3) is 5.91 Å². The van der Waals surface area contributed by atoms with Gasteiger partial charge in [0.15, 0.2) is 22.4 Å². The molecule has 8 heteroatoms. The van der Waals surface area contributed by atoms with Crippen molar-refractivity contribution in [2.45, 2.75) is 38.6 Å². The van der Waals surface area contributed by atoms with E-state index >= 15 is 0 Å². The Bertz CT molecular complexity index is 1090. The lowest BCUT2D eigenvalue weighted by atomic mass is 9.75. The smallest absolute Gasteiger partial charge is 0.260 e. The van der Waals surface area contributed by atoms with E-state index in [1.807, 2.05) is 43.0 Å². The van der Waals surface area contributed by atoms with Gasteiger partial charge in [0.05, 0.1) is 0 Å². The van der Waals surface area contributed by atoms with Crippen molar-refractivity contribution >= 4 is 40.4 Å². The summed E-state index contributed by atoms with van der Waals surface area (Å²) in [6.07, 6.45) is 2.61. The molecule has 1 aliphatic heterocycles. The topological polar surface area (TPSA) is 66.6 Å². The average molecular weight is 378 g/mol. The highest BCUT2D eigenvalue weighted by Crippen LogP contribution is 2.47. The molecular formula is C19H18N6OS. The maximum atomic E-state index is 13.4. The van der Waals surface area contributed by atoms with Gasteiger partial charge in [-0.3, -0.25) is 4.79 Å². The van der Waals surface area contributed by atoms with E-state index in [0.717, 1.165) is 24.9 Å². The summed E-state index contributed by atoms with van der Waals surface area (Å²) in [6.45, 7) is 3.87. The Kier molecular flexibility index (Phi) is 3.36. The van der Waals surface area contributed by atoms with E-state index in [4.69, 9.17) is 12.2 Å². The van der Waals surface area contributed by atoms with Crippen molar-refractivity contribution < 1.29 is 4.79 Å². The van der Waals surface area contributed by atoms with Crippen LogP contribution in [0.25, 0.3) is 5.65 Å². The zero-order valence-electron chi connectivity index (χ0n) is 15.1. The third-order valence-corrected chi connectivity index (χ3v) is 5.88. The number of anilines is 2. The van der Waals surface area contributed by atoms with Crippen LogP contribution in [0.2, 0.25) is 0 Å². The average Bonchev–Trinajstić information content (AvgIpc) is 3.10. The zero-order valence-corrected chi connectivity index (χ0v) is 15.9. The summed E-state index contributed by atoms with van der Waals surface area (Å²) in [4.78, 5) is 17.0. The molecule has 5 rings (SSSR count). The lowest BCUT2D eigenvalue weighted by Gasteiger charge is -2.43. The molecule has 0 bridgehead atoms. The summed E-state index contributed by atoms with van der Waals surface area (Å²) in [5.74, 6) is 1.16. The lowest BCUT2D eigenvalue weighted by molar-refractivity contribution is -0.123. The van der Waals surface area contributed by atoms with Crippen LogP contribution in [0.15, 0.2) is 36.4 Å². The number of aryl methyl sites for hydroxylation is 2. The van der Waals surface area contributed by atoms with Crippen LogP contribution in [0.4, 0.5) is 11.5 Å². The van der Waals surface area contributed by atoms with Gasteiger partial charge in [-0.2, -0.15) is 4.52 Å².